The predicted molar refractivity (Wildman–Crippen MR) is 119 cm³/mol. The fourth-order valence-electron chi connectivity index (χ4n) is 2.34. The van der Waals surface area contributed by atoms with Crippen molar-refractivity contribution in [3.63, 3.8) is 0 Å². The van der Waals surface area contributed by atoms with Crippen molar-refractivity contribution in [2.75, 3.05) is 5.32 Å². The molecule has 3 aromatic rings. The van der Waals surface area contributed by atoms with Gasteiger partial charge in [-0.2, -0.15) is 0 Å². The lowest BCUT2D eigenvalue weighted by atomic mass is 9.96. The van der Waals surface area contributed by atoms with Crippen LogP contribution in [0.5, 0.6) is 5.75 Å². The van der Waals surface area contributed by atoms with Crippen LogP contribution in [0.3, 0.4) is 0 Å². The van der Waals surface area contributed by atoms with E-state index in [1.165, 1.54) is 12.1 Å². The first-order chi connectivity index (χ1) is 15.0. The zero-order valence-corrected chi connectivity index (χ0v) is 19.4. The molecule has 0 bridgehead atoms. The van der Waals surface area contributed by atoms with Crippen molar-refractivity contribution in [1.29, 1.82) is 0 Å². The van der Waals surface area contributed by atoms with Crippen LogP contribution in [0.2, 0.25) is 0 Å². The number of benzene rings is 2. The minimum Gasteiger partial charge on any atom is -0.489 e. The van der Waals surface area contributed by atoms with Crippen molar-refractivity contribution in [2.45, 2.75) is 38.3 Å². The molecule has 0 unspecified atom stereocenters. The number of halogens is 1. The Bertz CT molecular complexity index is 1170. The molecule has 0 saturated heterocycles. The Morgan fingerprint density at radius 3 is 2.28 bits per heavy atom. The zero-order valence-electron chi connectivity index (χ0n) is 17.8. The highest BCUT2D eigenvalue weighted by Crippen LogP contribution is 2.23. The van der Waals surface area contributed by atoms with E-state index in [1.807, 2.05) is 0 Å². The number of carbonyl (C=O) groups excluding carboxylic acids is 1. The van der Waals surface area contributed by atoms with E-state index in [9.17, 15) is 17.6 Å². The van der Waals surface area contributed by atoms with Crippen molar-refractivity contribution in [3.8, 4) is 5.75 Å². The van der Waals surface area contributed by atoms with Gasteiger partial charge in [-0.25, -0.2) is 17.5 Å². The smallest absolute Gasteiger partial charge is 0.270 e. The molecule has 0 saturated carbocycles. The lowest BCUT2D eigenvalue weighted by Gasteiger charge is -2.15. The summed E-state index contributed by atoms with van der Waals surface area (Å²) >= 11 is 0.779. The van der Waals surface area contributed by atoms with Gasteiger partial charge in [0.2, 0.25) is 15.4 Å². The fourth-order valence-corrected chi connectivity index (χ4v) is 4.30. The third-order valence-electron chi connectivity index (χ3n) is 4.25. The molecule has 1 aromatic heterocycles. The second kappa shape index (κ2) is 9.72. The van der Waals surface area contributed by atoms with Gasteiger partial charge in [-0.3, -0.25) is 4.79 Å². The molecule has 0 aliphatic heterocycles. The minimum atomic E-state index is -3.89. The van der Waals surface area contributed by atoms with Gasteiger partial charge < -0.3 is 10.1 Å². The maximum Gasteiger partial charge on any atom is 0.270 e. The Morgan fingerprint density at radius 2 is 1.66 bits per heavy atom. The number of amides is 1. The summed E-state index contributed by atoms with van der Waals surface area (Å²) in [5.41, 5.74) is 0.907. The number of carbonyl (C=O) groups is 1. The summed E-state index contributed by atoms with van der Waals surface area (Å²) in [5, 5.41) is 10.1. The van der Waals surface area contributed by atoms with E-state index in [4.69, 9.17) is 4.74 Å². The molecule has 0 radical (unpaired) electrons. The van der Waals surface area contributed by atoms with Gasteiger partial charge in [-0.05, 0) is 35.4 Å². The minimum absolute atomic E-state index is 0.0455. The van der Waals surface area contributed by atoms with E-state index < -0.39 is 15.4 Å². The topological polar surface area (TPSA) is 110 Å². The number of hydrogen-bond acceptors (Lipinski definition) is 7. The predicted octanol–water partition coefficient (Wildman–Crippen LogP) is 3.72. The first-order valence-corrected chi connectivity index (χ1v) is 11.9. The van der Waals surface area contributed by atoms with Gasteiger partial charge in [-0.15, -0.1) is 10.2 Å². The van der Waals surface area contributed by atoms with Crippen LogP contribution in [0.15, 0.2) is 52.9 Å². The summed E-state index contributed by atoms with van der Waals surface area (Å²) < 4.78 is 45.8. The van der Waals surface area contributed by atoms with E-state index in [0.717, 1.165) is 16.9 Å². The van der Waals surface area contributed by atoms with Crippen LogP contribution in [-0.4, -0.2) is 24.5 Å². The molecule has 0 atom stereocenters. The summed E-state index contributed by atoms with van der Waals surface area (Å²) in [5.74, 6) is 0.0107. The van der Waals surface area contributed by atoms with Crippen LogP contribution in [0.25, 0.3) is 0 Å². The highest BCUT2D eigenvalue weighted by atomic mass is 32.2. The van der Waals surface area contributed by atoms with Gasteiger partial charge in [0.15, 0.2) is 0 Å². The molecule has 0 spiro atoms. The normalized spacial score (nSPS) is 11.9. The van der Waals surface area contributed by atoms with Crippen LogP contribution in [-0.2, 0) is 28.0 Å². The largest absolute Gasteiger partial charge is 0.489 e. The van der Waals surface area contributed by atoms with Gasteiger partial charge in [-0.1, -0.05) is 56.4 Å². The average molecular weight is 479 g/mol. The van der Waals surface area contributed by atoms with Crippen molar-refractivity contribution in [1.82, 2.24) is 14.9 Å². The average Bonchev–Trinajstić information content (AvgIpc) is 3.21. The van der Waals surface area contributed by atoms with E-state index in [0.29, 0.717) is 11.3 Å². The van der Waals surface area contributed by atoms with Crippen LogP contribution >= 0.6 is 11.3 Å². The number of hydrogen-bond donors (Lipinski definition) is 2. The van der Waals surface area contributed by atoms with Crippen LogP contribution in [0, 0.1) is 11.2 Å². The first kappa shape index (κ1) is 23.8. The molecule has 8 nitrogen and oxygen atoms in total. The molecular formula is C21H23FN4O4S2. The number of rotatable bonds is 8. The highest BCUT2D eigenvalue weighted by molar-refractivity contribution is 7.91. The third kappa shape index (κ3) is 6.55. The third-order valence-corrected chi connectivity index (χ3v) is 6.85. The Kier molecular flexibility index (Phi) is 7.22. The SMILES string of the molecule is CC(C)(C)C(=O)Nc1nnc(S(=O)(=O)NCc2ccc(OCc3ccc(F)cc3)cc2)s1. The number of aromatic nitrogens is 2. The molecule has 2 aromatic carbocycles. The van der Waals surface area contributed by atoms with Crippen LogP contribution in [0.4, 0.5) is 9.52 Å². The van der Waals surface area contributed by atoms with Gasteiger partial charge in [0.05, 0.1) is 0 Å². The van der Waals surface area contributed by atoms with Crippen molar-refractivity contribution >= 4 is 32.4 Å². The molecule has 3 rings (SSSR count). The summed E-state index contributed by atoms with van der Waals surface area (Å²) in [6.45, 7) is 5.55. The number of nitrogens with one attached hydrogen (secondary N) is 2. The zero-order chi connectivity index (χ0) is 23.4. The second-order valence-corrected chi connectivity index (χ2v) is 10.9. The standard InChI is InChI=1S/C21H23FN4O4S2/c1-21(2,3)18(27)24-19-25-26-20(31-19)32(28,29)23-12-14-6-10-17(11-7-14)30-13-15-4-8-16(22)9-5-15/h4-11,23H,12-13H2,1-3H3,(H,24,25,27). The Morgan fingerprint density at radius 1 is 1.03 bits per heavy atom. The number of nitrogens with zero attached hydrogens (tertiary/aromatic N) is 2. The quantitative estimate of drug-likeness (QED) is 0.478. The summed E-state index contributed by atoms with van der Waals surface area (Å²) in [4.78, 5) is 12.0. The molecule has 11 heteroatoms. The monoisotopic (exact) mass is 478 g/mol. The van der Waals surface area contributed by atoms with E-state index in [2.05, 4.69) is 20.2 Å². The number of ether oxygens (including phenoxy) is 1. The second-order valence-electron chi connectivity index (χ2n) is 7.96. The molecule has 170 valence electrons. The van der Waals surface area contributed by atoms with Crippen LogP contribution < -0.4 is 14.8 Å². The summed E-state index contributed by atoms with van der Waals surface area (Å²) in [6.07, 6.45) is 0. The maximum atomic E-state index is 12.9. The fraction of sp³-hybridized carbons (Fsp3) is 0.286. The van der Waals surface area contributed by atoms with Gasteiger partial charge in [0.1, 0.15) is 18.2 Å². The van der Waals surface area contributed by atoms with E-state index in [1.54, 1.807) is 57.2 Å². The van der Waals surface area contributed by atoms with Gasteiger partial charge in [0, 0.05) is 12.0 Å². The number of anilines is 1. The maximum absolute atomic E-state index is 12.9. The Balaban J connectivity index is 1.54. The number of sulfonamides is 1. The van der Waals surface area contributed by atoms with Crippen molar-refractivity contribution in [3.05, 3.63) is 65.5 Å². The molecule has 1 amide bonds. The molecule has 2 N–H and O–H groups in total. The van der Waals surface area contributed by atoms with Gasteiger partial charge >= 0.3 is 0 Å². The van der Waals surface area contributed by atoms with Gasteiger partial charge in [0.25, 0.3) is 10.0 Å². The molecule has 0 aliphatic rings. The lowest BCUT2D eigenvalue weighted by Crippen LogP contribution is -2.27. The molecule has 0 aliphatic carbocycles. The summed E-state index contributed by atoms with van der Waals surface area (Å²) in [6, 6.07) is 12.9. The Hall–Kier alpha value is -2.89. The molecule has 1 heterocycles. The van der Waals surface area contributed by atoms with E-state index >= 15 is 0 Å². The Labute approximate surface area is 189 Å². The van der Waals surface area contributed by atoms with E-state index in [-0.39, 0.29) is 34.3 Å². The van der Waals surface area contributed by atoms with Crippen molar-refractivity contribution in [2.24, 2.45) is 5.41 Å². The lowest BCUT2D eigenvalue weighted by molar-refractivity contribution is -0.123. The first-order valence-electron chi connectivity index (χ1n) is 9.64. The molecule has 32 heavy (non-hydrogen) atoms. The summed E-state index contributed by atoms with van der Waals surface area (Å²) in [7, 11) is -3.89. The van der Waals surface area contributed by atoms with Crippen LogP contribution in [0.1, 0.15) is 31.9 Å². The molecule has 0 fully saturated rings. The molecular weight excluding hydrogens is 455 g/mol. The highest BCUT2D eigenvalue weighted by Gasteiger charge is 2.25. The van der Waals surface area contributed by atoms with Crippen molar-refractivity contribution < 1.29 is 22.3 Å².